The summed E-state index contributed by atoms with van der Waals surface area (Å²) in [6.07, 6.45) is -0.0354. The van der Waals surface area contributed by atoms with Gasteiger partial charge in [0, 0.05) is 50.8 Å². The zero-order chi connectivity index (χ0) is 25.3. The molecule has 0 spiro atoms. The molecule has 1 unspecified atom stereocenters. The predicted molar refractivity (Wildman–Crippen MR) is 124 cm³/mol. The molecule has 35 heavy (non-hydrogen) atoms. The molecule has 2 aromatic carbocycles. The van der Waals surface area contributed by atoms with Gasteiger partial charge in [-0.1, -0.05) is 6.07 Å². The van der Waals surface area contributed by atoms with Gasteiger partial charge in [0.1, 0.15) is 5.75 Å². The molecule has 2 aliphatic heterocycles. The van der Waals surface area contributed by atoms with E-state index in [0.29, 0.717) is 37.5 Å². The van der Waals surface area contributed by atoms with Crippen molar-refractivity contribution in [1.82, 2.24) is 9.80 Å². The maximum absolute atomic E-state index is 13.7. The number of hydrogen-bond donors (Lipinski definition) is 0. The molecular weight excluding hydrogens is 459 g/mol. The van der Waals surface area contributed by atoms with E-state index in [2.05, 4.69) is 0 Å². The number of piperazine rings is 1. The van der Waals surface area contributed by atoms with Crippen LogP contribution in [0.5, 0.6) is 5.75 Å². The molecule has 4 rings (SSSR count). The van der Waals surface area contributed by atoms with Gasteiger partial charge in [-0.05, 0) is 36.8 Å². The number of benzene rings is 2. The number of anilines is 1. The van der Waals surface area contributed by atoms with Crippen LogP contribution >= 0.6 is 0 Å². The van der Waals surface area contributed by atoms with Gasteiger partial charge in [-0.3, -0.25) is 24.5 Å². The summed E-state index contributed by atoms with van der Waals surface area (Å²) in [4.78, 5) is 53.3. The number of methoxy groups -OCH3 is 1. The lowest BCUT2D eigenvalue weighted by atomic mass is 10.1. The summed E-state index contributed by atoms with van der Waals surface area (Å²) in [5.74, 6) is -1.68. The average molecular weight is 484 g/mol. The first-order valence-corrected chi connectivity index (χ1v) is 11.2. The van der Waals surface area contributed by atoms with E-state index in [-0.39, 0.29) is 36.4 Å². The van der Waals surface area contributed by atoms with Crippen LogP contribution in [-0.2, 0) is 9.59 Å². The van der Waals surface area contributed by atoms with Crippen molar-refractivity contribution in [3.05, 3.63) is 63.5 Å². The van der Waals surface area contributed by atoms with Crippen LogP contribution in [0.3, 0.4) is 0 Å². The molecule has 2 aliphatic rings. The lowest BCUT2D eigenvalue weighted by Gasteiger charge is -2.36. The zero-order valence-corrected chi connectivity index (χ0v) is 19.4. The number of rotatable bonds is 5. The summed E-state index contributed by atoms with van der Waals surface area (Å²) in [7, 11) is 1.55. The standard InChI is InChI=1S/C24H25FN4O6/c1-15-3-4-16(11-21(15)35-2)23(31)26-7-9-27(10-8-26)24(32)17-12-22(30)28(14-17)18-5-6-19(25)20(13-18)29(33)34/h3-6,11,13,17H,7-10,12,14H2,1-2H3. The number of halogens is 1. The van der Waals surface area contributed by atoms with Crippen LogP contribution in [0.15, 0.2) is 36.4 Å². The zero-order valence-electron chi connectivity index (χ0n) is 19.4. The third kappa shape index (κ3) is 4.79. The van der Waals surface area contributed by atoms with Crippen molar-refractivity contribution >= 4 is 29.1 Å². The van der Waals surface area contributed by atoms with Crippen LogP contribution in [0.1, 0.15) is 22.3 Å². The Morgan fingerprint density at radius 2 is 1.77 bits per heavy atom. The van der Waals surface area contributed by atoms with E-state index in [0.717, 1.165) is 17.7 Å². The van der Waals surface area contributed by atoms with Gasteiger partial charge in [0.05, 0.1) is 23.6 Å². The molecule has 10 nitrogen and oxygen atoms in total. The van der Waals surface area contributed by atoms with E-state index in [9.17, 15) is 28.9 Å². The fourth-order valence-electron chi connectivity index (χ4n) is 4.46. The number of hydrogen-bond acceptors (Lipinski definition) is 6. The topological polar surface area (TPSA) is 113 Å². The van der Waals surface area contributed by atoms with Crippen LogP contribution in [0.4, 0.5) is 15.8 Å². The minimum atomic E-state index is -0.991. The van der Waals surface area contributed by atoms with Crippen LogP contribution in [0.2, 0.25) is 0 Å². The van der Waals surface area contributed by atoms with Crippen LogP contribution in [0, 0.1) is 28.8 Å². The van der Waals surface area contributed by atoms with Gasteiger partial charge in [0.15, 0.2) is 0 Å². The van der Waals surface area contributed by atoms with Crippen molar-refractivity contribution in [2.45, 2.75) is 13.3 Å². The summed E-state index contributed by atoms with van der Waals surface area (Å²) in [5, 5.41) is 11.0. The van der Waals surface area contributed by atoms with Gasteiger partial charge in [-0.2, -0.15) is 4.39 Å². The smallest absolute Gasteiger partial charge is 0.306 e. The molecule has 3 amide bonds. The summed E-state index contributed by atoms with van der Waals surface area (Å²) in [6.45, 7) is 3.33. The second-order valence-electron chi connectivity index (χ2n) is 8.60. The molecule has 2 aromatic rings. The molecular formula is C24H25FN4O6. The number of aryl methyl sites for hydroxylation is 1. The molecule has 0 radical (unpaired) electrons. The minimum absolute atomic E-state index is 0.0354. The maximum atomic E-state index is 13.7. The fraction of sp³-hybridized carbons (Fsp3) is 0.375. The molecule has 2 heterocycles. The first-order chi connectivity index (χ1) is 16.7. The van der Waals surface area contributed by atoms with E-state index < -0.39 is 22.3 Å². The summed E-state index contributed by atoms with van der Waals surface area (Å²) in [6, 6.07) is 8.51. The number of ether oxygens (including phenoxy) is 1. The highest BCUT2D eigenvalue weighted by Gasteiger charge is 2.39. The molecule has 0 aromatic heterocycles. The number of nitrogens with zero attached hydrogens (tertiary/aromatic N) is 4. The maximum Gasteiger partial charge on any atom is 0.306 e. The Bertz CT molecular complexity index is 1190. The third-order valence-corrected chi connectivity index (χ3v) is 6.45. The first kappa shape index (κ1) is 24.1. The summed E-state index contributed by atoms with van der Waals surface area (Å²) < 4.78 is 19.0. The Morgan fingerprint density at radius 3 is 2.43 bits per heavy atom. The Balaban J connectivity index is 1.37. The molecule has 184 valence electrons. The summed E-state index contributed by atoms with van der Waals surface area (Å²) in [5.41, 5.74) is 0.895. The highest BCUT2D eigenvalue weighted by Crippen LogP contribution is 2.30. The first-order valence-electron chi connectivity index (χ1n) is 11.2. The second kappa shape index (κ2) is 9.69. The normalized spacial score (nSPS) is 18.1. The Labute approximate surface area is 201 Å². The second-order valence-corrected chi connectivity index (χ2v) is 8.60. The monoisotopic (exact) mass is 484 g/mol. The van der Waals surface area contributed by atoms with Gasteiger partial charge in [-0.25, -0.2) is 0 Å². The number of nitro groups is 1. The SMILES string of the molecule is COc1cc(C(=O)N2CCN(C(=O)C3CC(=O)N(c4ccc(F)c([N+](=O)[O-])c4)C3)CC2)ccc1C. The fourth-order valence-corrected chi connectivity index (χ4v) is 4.46. The van der Waals surface area contributed by atoms with E-state index >= 15 is 0 Å². The van der Waals surface area contributed by atoms with Crippen molar-refractivity contribution in [3.8, 4) is 5.75 Å². The van der Waals surface area contributed by atoms with Crippen molar-refractivity contribution in [1.29, 1.82) is 0 Å². The molecule has 11 heteroatoms. The highest BCUT2D eigenvalue weighted by molar-refractivity contribution is 6.00. The Kier molecular flexibility index (Phi) is 6.68. The molecule has 0 aliphatic carbocycles. The highest BCUT2D eigenvalue weighted by atomic mass is 19.1. The number of carbonyl (C=O) groups is 3. The van der Waals surface area contributed by atoms with Crippen molar-refractivity contribution in [3.63, 3.8) is 0 Å². The van der Waals surface area contributed by atoms with E-state index in [1.807, 2.05) is 13.0 Å². The molecule has 0 N–H and O–H groups in total. The Morgan fingerprint density at radius 1 is 1.09 bits per heavy atom. The Hall–Kier alpha value is -4.02. The van der Waals surface area contributed by atoms with Gasteiger partial charge >= 0.3 is 5.69 Å². The van der Waals surface area contributed by atoms with Crippen molar-refractivity contribution in [2.75, 3.05) is 44.7 Å². The minimum Gasteiger partial charge on any atom is -0.496 e. The van der Waals surface area contributed by atoms with Crippen LogP contribution in [-0.4, -0.2) is 72.3 Å². The average Bonchev–Trinajstić information content (AvgIpc) is 3.25. The van der Waals surface area contributed by atoms with Crippen LogP contribution in [0.25, 0.3) is 0 Å². The quantitative estimate of drug-likeness (QED) is 0.476. The number of nitro benzene ring substituents is 1. The van der Waals surface area contributed by atoms with Crippen molar-refractivity contribution < 1.29 is 28.4 Å². The molecule has 2 fully saturated rings. The molecule has 2 saturated heterocycles. The largest absolute Gasteiger partial charge is 0.496 e. The lowest BCUT2D eigenvalue weighted by molar-refractivity contribution is -0.387. The summed E-state index contributed by atoms with van der Waals surface area (Å²) >= 11 is 0. The van der Waals surface area contributed by atoms with Crippen LogP contribution < -0.4 is 9.64 Å². The molecule has 0 bridgehead atoms. The van der Waals surface area contributed by atoms with Gasteiger partial charge < -0.3 is 19.4 Å². The third-order valence-electron chi connectivity index (χ3n) is 6.45. The van der Waals surface area contributed by atoms with Crippen molar-refractivity contribution in [2.24, 2.45) is 5.92 Å². The van der Waals surface area contributed by atoms with Gasteiger partial charge in [-0.15, -0.1) is 0 Å². The van der Waals surface area contributed by atoms with Gasteiger partial charge in [0.2, 0.25) is 17.6 Å². The lowest BCUT2D eigenvalue weighted by Crippen LogP contribution is -2.52. The predicted octanol–water partition coefficient (Wildman–Crippen LogP) is 2.39. The molecule has 0 saturated carbocycles. The van der Waals surface area contributed by atoms with E-state index in [1.54, 1.807) is 29.0 Å². The van der Waals surface area contributed by atoms with Gasteiger partial charge in [0.25, 0.3) is 5.91 Å². The van der Waals surface area contributed by atoms with E-state index in [1.165, 1.54) is 11.0 Å². The van der Waals surface area contributed by atoms with E-state index in [4.69, 9.17) is 4.74 Å². The number of amides is 3. The molecule has 1 atom stereocenters. The number of carbonyl (C=O) groups excluding carboxylic acids is 3.